The van der Waals surface area contributed by atoms with Gasteiger partial charge in [0.25, 0.3) is 0 Å². The van der Waals surface area contributed by atoms with E-state index in [2.05, 4.69) is 70.4 Å². The van der Waals surface area contributed by atoms with Gasteiger partial charge in [-0.1, -0.05) is 66.2 Å². The Morgan fingerprint density at radius 1 is 0.600 bits per heavy atom. The third-order valence-corrected chi connectivity index (χ3v) is 4.99. The summed E-state index contributed by atoms with van der Waals surface area (Å²) in [5.74, 6) is 1.00. The minimum atomic E-state index is 0.711. The maximum Gasteiger partial charge on any atom is 0.115 e. The summed E-state index contributed by atoms with van der Waals surface area (Å²) in [4.78, 5) is 0. The zero-order valence-electron chi connectivity index (χ0n) is 13.4. The van der Waals surface area contributed by atoms with Crippen molar-refractivity contribution >= 4 is 50.3 Å². The molecule has 2 nitrogen and oxygen atoms in total. The number of nitrogens with zero attached hydrogens (tertiary/aromatic N) is 1. The van der Waals surface area contributed by atoms with E-state index in [1.165, 1.54) is 27.2 Å². The fraction of sp³-hybridized carbons (Fsp3) is 0. The van der Waals surface area contributed by atoms with Crippen LogP contribution < -0.4 is 5.32 Å². The number of aromatic nitrogens is 1. The summed E-state index contributed by atoms with van der Waals surface area (Å²) in [5.41, 5.74) is 3.26. The van der Waals surface area contributed by atoms with Crippen LogP contribution in [-0.2, 0) is 0 Å². The summed E-state index contributed by atoms with van der Waals surface area (Å²) in [5, 5.41) is 7.95. The van der Waals surface area contributed by atoms with Gasteiger partial charge in [0.2, 0.25) is 0 Å². The molecule has 2 aromatic heterocycles. The van der Waals surface area contributed by atoms with E-state index in [9.17, 15) is 0 Å². The van der Waals surface area contributed by atoms with Gasteiger partial charge in [0.1, 0.15) is 5.82 Å². The van der Waals surface area contributed by atoms with Crippen molar-refractivity contribution in [3.8, 4) is 0 Å². The SMILES string of the molecule is Clc1ccccc1Nc1ccc2c3ccccc3c3ccccc3n12. The van der Waals surface area contributed by atoms with Crippen LogP contribution in [0.3, 0.4) is 0 Å². The molecule has 25 heavy (non-hydrogen) atoms. The number of rotatable bonds is 2. The summed E-state index contributed by atoms with van der Waals surface area (Å²) >= 11 is 6.33. The van der Waals surface area contributed by atoms with Gasteiger partial charge < -0.3 is 5.32 Å². The molecule has 2 heterocycles. The largest absolute Gasteiger partial charge is 0.340 e. The molecule has 3 aromatic carbocycles. The van der Waals surface area contributed by atoms with Crippen LogP contribution in [0, 0.1) is 0 Å². The van der Waals surface area contributed by atoms with Crippen molar-refractivity contribution in [2.45, 2.75) is 0 Å². The van der Waals surface area contributed by atoms with Crippen LogP contribution >= 0.6 is 11.6 Å². The first-order chi connectivity index (χ1) is 12.3. The van der Waals surface area contributed by atoms with Crippen LogP contribution in [0.1, 0.15) is 0 Å². The maximum absolute atomic E-state index is 6.33. The molecule has 0 amide bonds. The highest BCUT2D eigenvalue weighted by molar-refractivity contribution is 6.33. The smallest absolute Gasteiger partial charge is 0.115 e. The monoisotopic (exact) mass is 342 g/mol. The molecular formula is C22H15ClN2. The van der Waals surface area contributed by atoms with Gasteiger partial charge in [-0.15, -0.1) is 0 Å². The predicted octanol–water partition coefficient (Wildman–Crippen LogP) is 6.64. The molecule has 0 bridgehead atoms. The molecule has 120 valence electrons. The molecule has 3 heteroatoms. The minimum Gasteiger partial charge on any atom is -0.340 e. The lowest BCUT2D eigenvalue weighted by Gasteiger charge is -2.13. The van der Waals surface area contributed by atoms with Gasteiger partial charge in [-0.2, -0.15) is 0 Å². The average molecular weight is 343 g/mol. The maximum atomic E-state index is 6.33. The van der Waals surface area contributed by atoms with Crippen LogP contribution in [0.15, 0.2) is 84.9 Å². The van der Waals surface area contributed by atoms with Crippen molar-refractivity contribution in [2.24, 2.45) is 0 Å². The summed E-state index contributed by atoms with van der Waals surface area (Å²) in [6, 6.07) is 29.1. The van der Waals surface area contributed by atoms with Crippen LogP contribution in [0.5, 0.6) is 0 Å². The van der Waals surface area contributed by atoms with Crippen molar-refractivity contribution in [3.05, 3.63) is 90.0 Å². The summed E-state index contributed by atoms with van der Waals surface area (Å²) in [7, 11) is 0. The molecule has 0 saturated heterocycles. The Kier molecular flexibility index (Phi) is 3.19. The van der Waals surface area contributed by atoms with Gasteiger partial charge in [0.15, 0.2) is 0 Å². The first-order valence-electron chi connectivity index (χ1n) is 8.25. The van der Waals surface area contributed by atoms with Crippen LogP contribution in [-0.4, -0.2) is 4.40 Å². The van der Waals surface area contributed by atoms with Gasteiger partial charge in [0, 0.05) is 10.8 Å². The van der Waals surface area contributed by atoms with Crippen LogP contribution in [0.25, 0.3) is 27.2 Å². The first-order valence-corrected chi connectivity index (χ1v) is 8.63. The van der Waals surface area contributed by atoms with Crippen LogP contribution in [0.4, 0.5) is 11.5 Å². The lowest BCUT2D eigenvalue weighted by Crippen LogP contribution is -1.98. The molecule has 0 radical (unpaired) electrons. The van der Waals surface area contributed by atoms with Crippen molar-refractivity contribution < 1.29 is 0 Å². The number of benzene rings is 3. The molecular weight excluding hydrogens is 328 g/mol. The molecule has 0 aliphatic carbocycles. The zero-order chi connectivity index (χ0) is 16.8. The first kappa shape index (κ1) is 14.4. The highest BCUT2D eigenvalue weighted by Gasteiger charge is 2.12. The van der Waals surface area contributed by atoms with Crippen LogP contribution in [0.2, 0.25) is 5.02 Å². The second-order valence-electron chi connectivity index (χ2n) is 6.11. The van der Waals surface area contributed by atoms with Gasteiger partial charge in [-0.3, -0.25) is 4.40 Å². The second-order valence-corrected chi connectivity index (χ2v) is 6.51. The van der Waals surface area contributed by atoms with Crippen molar-refractivity contribution in [3.63, 3.8) is 0 Å². The molecule has 0 saturated carbocycles. The number of para-hydroxylation sites is 2. The van der Waals surface area contributed by atoms with E-state index in [1.54, 1.807) is 0 Å². The number of nitrogens with one attached hydrogen (secondary N) is 1. The second kappa shape index (κ2) is 5.54. The van der Waals surface area contributed by atoms with E-state index in [0.717, 1.165) is 11.5 Å². The topological polar surface area (TPSA) is 16.4 Å². The Labute approximate surface area is 150 Å². The Balaban J connectivity index is 1.87. The van der Waals surface area contributed by atoms with E-state index in [-0.39, 0.29) is 0 Å². The fourth-order valence-corrected chi connectivity index (χ4v) is 3.73. The molecule has 0 aliphatic heterocycles. The predicted molar refractivity (Wildman–Crippen MR) is 107 cm³/mol. The quantitative estimate of drug-likeness (QED) is 0.355. The Bertz CT molecular complexity index is 1240. The standard InChI is InChI=1S/C22H15ClN2/c23-18-10-4-5-11-19(18)24-22-14-13-21-17-8-2-1-7-15(17)16-9-3-6-12-20(16)25(21)22/h1-14,24H. The molecule has 0 spiro atoms. The fourth-order valence-electron chi connectivity index (χ4n) is 3.54. The third kappa shape index (κ3) is 2.19. The lowest BCUT2D eigenvalue weighted by molar-refractivity contribution is 1.27. The van der Waals surface area contributed by atoms with E-state index < -0.39 is 0 Å². The normalized spacial score (nSPS) is 11.4. The summed E-state index contributed by atoms with van der Waals surface area (Å²) in [6.45, 7) is 0. The minimum absolute atomic E-state index is 0.711. The van der Waals surface area contributed by atoms with E-state index in [1.807, 2.05) is 24.3 Å². The number of pyridine rings is 1. The van der Waals surface area contributed by atoms with Crippen molar-refractivity contribution in [1.29, 1.82) is 0 Å². The Hall–Kier alpha value is -2.97. The summed E-state index contributed by atoms with van der Waals surface area (Å²) < 4.78 is 2.26. The third-order valence-electron chi connectivity index (χ3n) is 4.66. The van der Waals surface area contributed by atoms with Gasteiger partial charge in [-0.25, -0.2) is 0 Å². The molecule has 0 unspecified atom stereocenters. The van der Waals surface area contributed by atoms with E-state index in [4.69, 9.17) is 11.6 Å². The molecule has 0 fully saturated rings. The highest BCUT2D eigenvalue weighted by atomic mass is 35.5. The molecule has 0 aliphatic rings. The van der Waals surface area contributed by atoms with Gasteiger partial charge in [-0.05, 0) is 35.7 Å². The van der Waals surface area contributed by atoms with E-state index in [0.29, 0.717) is 5.02 Å². The zero-order valence-corrected chi connectivity index (χ0v) is 14.2. The molecule has 5 aromatic rings. The number of hydrogen-bond acceptors (Lipinski definition) is 1. The average Bonchev–Trinajstić information content (AvgIpc) is 3.08. The van der Waals surface area contributed by atoms with Gasteiger partial charge in [0.05, 0.1) is 21.7 Å². The number of halogens is 1. The lowest BCUT2D eigenvalue weighted by atomic mass is 10.1. The summed E-state index contributed by atoms with van der Waals surface area (Å²) in [6.07, 6.45) is 0. The molecule has 1 N–H and O–H groups in total. The number of hydrogen-bond donors (Lipinski definition) is 1. The van der Waals surface area contributed by atoms with Crippen molar-refractivity contribution in [2.75, 3.05) is 5.32 Å². The molecule has 0 atom stereocenters. The Morgan fingerprint density at radius 2 is 1.20 bits per heavy atom. The van der Waals surface area contributed by atoms with Gasteiger partial charge >= 0.3 is 0 Å². The van der Waals surface area contributed by atoms with Crippen molar-refractivity contribution in [1.82, 2.24) is 4.40 Å². The van der Waals surface area contributed by atoms with E-state index >= 15 is 0 Å². The number of fused-ring (bicyclic) bond motifs is 6. The highest BCUT2D eigenvalue weighted by Crippen LogP contribution is 2.34. The molecule has 5 rings (SSSR count). The Morgan fingerprint density at radius 3 is 1.96 bits per heavy atom. The number of anilines is 2.